The molecule has 1 unspecified atom stereocenters. The largest absolute Gasteiger partial charge is 0.466 e. The first-order valence-electron chi connectivity index (χ1n) is 7.99. The van der Waals surface area contributed by atoms with Crippen molar-refractivity contribution in [1.82, 2.24) is 10.6 Å². The molecule has 1 fully saturated rings. The van der Waals surface area contributed by atoms with Gasteiger partial charge < -0.3 is 15.4 Å². The van der Waals surface area contributed by atoms with Gasteiger partial charge in [0, 0.05) is 0 Å². The third-order valence-electron chi connectivity index (χ3n) is 3.70. The zero-order valence-electron chi connectivity index (χ0n) is 13.3. The fraction of sp³-hybridized carbons (Fsp3) is 0.529. The van der Waals surface area contributed by atoms with Crippen LogP contribution in [-0.4, -0.2) is 31.6 Å². The molecule has 0 spiro atoms. The minimum atomic E-state index is -0.523. The molecule has 5 nitrogen and oxygen atoms in total. The topological polar surface area (TPSA) is 67.4 Å². The highest BCUT2D eigenvalue weighted by atomic mass is 19.1. The van der Waals surface area contributed by atoms with Crippen LogP contribution >= 0.6 is 0 Å². The van der Waals surface area contributed by atoms with Crippen molar-refractivity contribution in [3.05, 3.63) is 35.6 Å². The first-order chi connectivity index (χ1) is 11.1. The summed E-state index contributed by atoms with van der Waals surface area (Å²) in [6.45, 7) is 3.06. The third kappa shape index (κ3) is 6.36. The highest BCUT2D eigenvalue weighted by Crippen LogP contribution is 2.27. The smallest absolute Gasteiger partial charge is 0.308 e. The zero-order chi connectivity index (χ0) is 16.7. The van der Waals surface area contributed by atoms with E-state index in [2.05, 4.69) is 10.6 Å². The summed E-state index contributed by atoms with van der Waals surface area (Å²) in [5.41, 5.74) is 0.676. The Labute approximate surface area is 135 Å². The summed E-state index contributed by atoms with van der Waals surface area (Å²) in [5.74, 6) is -0.256. The first kappa shape index (κ1) is 17.4. The Morgan fingerprint density at radius 3 is 2.61 bits per heavy atom. The van der Waals surface area contributed by atoms with Gasteiger partial charge in [0.05, 0.1) is 25.6 Å². The van der Waals surface area contributed by atoms with Gasteiger partial charge >= 0.3 is 5.97 Å². The fourth-order valence-corrected chi connectivity index (χ4v) is 2.29. The van der Waals surface area contributed by atoms with Gasteiger partial charge in [0.1, 0.15) is 5.82 Å². The lowest BCUT2D eigenvalue weighted by Crippen LogP contribution is -2.37. The van der Waals surface area contributed by atoms with E-state index in [1.54, 1.807) is 19.1 Å². The van der Waals surface area contributed by atoms with Crippen LogP contribution in [0.3, 0.4) is 0 Å². The highest BCUT2D eigenvalue weighted by molar-refractivity contribution is 5.79. The molecule has 1 aromatic rings. The van der Waals surface area contributed by atoms with E-state index in [0.29, 0.717) is 11.5 Å². The summed E-state index contributed by atoms with van der Waals surface area (Å²) >= 11 is 0. The van der Waals surface area contributed by atoms with Crippen molar-refractivity contribution in [3.8, 4) is 0 Å². The SMILES string of the molecule is CCOC(=O)CC(NC(=O)CNCC1CC1)c1ccc(F)cc1. The number of esters is 1. The summed E-state index contributed by atoms with van der Waals surface area (Å²) in [5, 5.41) is 5.91. The van der Waals surface area contributed by atoms with E-state index in [-0.39, 0.29) is 31.3 Å². The predicted octanol–water partition coefficient (Wildman–Crippen LogP) is 1.94. The van der Waals surface area contributed by atoms with Crippen LogP contribution in [-0.2, 0) is 14.3 Å². The van der Waals surface area contributed by atoms with E-state index < -0.39 is 12.0 Å². The van der Waals surface area contributed by atoms with E-state index in [4.69, 9.17) is 4.74 Å². The quantitative estimate of drug-likeness (QED) is 0.682. The van der Waals surface area contributed by atoms with Crippen molar-refractivity contribution in [2.45, 2.75) is 32.2 Å². The number of ether oxygens (including phenoxy) is 1. The first-order valence-corrected chi connectivity index (χ1v) is 7.99. The Hall–Kier alpha value is -1.95. The van der Waals surface area contributed by atoms with Crippen molar-refractivity contribution in [3.63, 3.8) is 0 Å². The van der Waals surface area contributed by atoms with Gasteiger partial charge in [-0.1, -0.05) is 12.1 Å². The standard InChI is InChI=1S/C17H23FN2O3/c1-2-23-17(22)9-15(13-5-7-14(18)8-6-13)20-16(21)11-19-10-12-3-4-12/h5-8,12,15,19H,2-4,9-11H2,1H3,(H,20,21). The maximum atomic E-state index is 13.1. The van der Waals surface area contributed by atoms with Gasteiger partial charge in [-0.15, -0.1) is 0 Å². The van der Waals surface area contributed by atoms with E-state index in [9.17, 15) is 14.0 Å². The molecular formula is C17H23FN2O3. The van der Waals surface area contributed by atoms with Crippen molar-refractivity contribution < 1.29 is 18.7 Å². The van der Waals surface area contributed by atoms with E-state index in [1.165, 1.54) is 25.0 Å². The van der Waals surface area contributed by atoms with Crippen molar-refractivity contribution in [1.29, 1.82) is 0 Å². The summed E-state index contributed by atoms with van der Waals surface area (Å²) < 4.78 is 18.0. The van der Waals surface area contributed by atoms with E-state index in [1.807, 2.05) is 0 Å². The van der Waals surface area contributed by atoms with Gasteiger partial charge in [-0.05, 0) is 49.9 Å². The number of hydrogen-bond donors (Lipinski definition) is 2. The van der Waals surface area contributed by atoms with Crippen molar-refractivity contribution in [2.24, 2.45) is 5.92 Å². The van der Waals surface area contributed by atoms with Crippen LogP contribution in [0.15, 0.2) is 24.3 Å². The zero-order valence-corrected chi connectivity index (χ0v) is 13.3. The van der Waals surface area contributed by atoms with Gasteiger partial charge in [-0.3, -0.25) is 9.59 Å². The molecule has 0 aromatic heterocycles. The third-order valence-corrected chi connectivity index (χ3v) is 3.70. The molecule has 1 atom stereocenters. The molecule has 0 radical (unpaired) electrons. The second-order valence-electron chi connectivity index (χ2n) is 5.76. The summed E-state index contributed by atoms with van der Waals surface area (Å²) in [6.07, 6.45) is 2.46. The number of nitrogens with one attached hydrogen (secondary N) is 2. The number of hydrogen-bond acceptors (Lipinski definition) is 4. The number of rotatable bonds is 9. The normalized spacial score (nSPS) is 15.0. The van der Waals surface area contributed by atoms with Crippen LogP contribution in [0, 0.1) is 11.7 Å². The minimum absolute atomic E-state index is 0.0217. The lowest BCUT2D eigenvalue weighted by molar-refractivity contribution is -0.143. The highest BCUT2D eigenvalue weighted by Gasteiger charge is 2.22. The molecule has 6 heteroatoms. The number of benzene rings is 1. The molecule has 23 heavy (non-hydrogen) atoms. The predicted molar refractivity (Wildman–Crippen MR) is 84.1 cm³/mol. The Morgan fingerprint density at radius 2 is 2.00 bits per heavy atom. The molecule has 0 aliphatic heterocycles. The van der Waals surface area contributed by atoms with Crippen LogP contribution in [0.5, 0.6) is 0 Å². The number of amides is 1. The lowest BCUT2D eigenvalue weighted by atomic mass is 10.0. The lowest BCUT2D eigenvalue weighted by Gasteiger charge is -2.19. The monoisotopic (exact) mass is 322 g/mol. The van der Waals surface area contributed by atoms with Crippen LogP contribution in [0.2, 0.25) is 0 Å². The summed E-state index contributed by atoms with van der Waals surface area (Å²) in [4.78, 5) is 23.8. The van der Waals surface area contributed by atoms with Crippen molar-refractivity contribution >= 4 is 11.9 Å². The molecule has 1 amide bonds. The number of carbonyl (C=O) groups excluding carboxylic acids is 2. The average molecular weight is 322 g/mol. The second-order valence-corrected chi connectivity index (χ2v) is 5.76. The maximum Gasteiger partial charge on any atom is 0.308 e. The number of halogens is 1. The van der Waals surface area contributed by atoms with Crippen LogP contribution in [0.25, 0.3) is 0 Å². The average Bonchev–Trinajstić information content (AvgIpc) is 3.32. The molecule has 1 aromatic carbocycles. The Bertz CT molecular complexity index is 529. The van der Waals surface area contributed by atoms with Gasteiger partial charge in [0.15, 0.2) is 0 Å². The molecule has 1 aliphatic carbocycles. The van der Waals surface area contributed by atoms with Crippen LogP contribution in [0.4, 0.5) is 4.39 Å². The van der Waals surface area contributed by atoms with Gasteiger partial charge in [-0.25, -0.2) is 4.39 Å². The molecular weight excluding hydrogens is 299 g/mol. The minimum Gasteiger partial charge on any atom is -0.466 e. The van der Waals surface area contributed by atoms with Gasteiger partial charge in [0.2, 0.25) is 5.91 Å². The molecule has 1 saturated carbocycles. The Balaban J connectivity index is 1.92. The Morgan fingerprint density at radius 1 is 1.30 bits per heavy atom. The fourth-order valence-electron chi connectivity index (χ4n) is 2.29. The molecule has 126 valence electrons. The summed E-state index contributed by atoms with van der Waals surface area (Å²) in [6, 6.07) is 5.23. The maximum absolute atomic E-state index is 13.1. The number of carbonyl (C=O) groups is 2. The van der Waals surface area contributed by atoms with Crippen molar-refractivity contribution in [2.75, 3.05) is 19.7 Å². The Kier molecular flexibility index (Phi) is 6.52. The molecule has 2 rings (SSSR count). The van der Waals surface area contributed by atoms with E-state index in [0.717, 1.165) is 6.54 Å². The molecule has 1 aliphatic rings. The molecule has 0 heterocycles. The summed E-state index contributed by atoms with van der Waals surface area (Å²) in [7, 11) is 0. The van der Waals surface area contributed by atoms with Gasteiger partial charge in [0.25, 0.3) is 0 Å². The molecule has 0 bridgehead atoms. The van der Waals surface area contributed by atoms with Gasteiger partial charge in [-0.2, -0.15) is 0 Å². The van der Waals surface area contributed by atoms with E-state index >= 15 is 0 Å². The second kappa shape index (κ2) is 8.62. The van der Waals surface area contributed by atoms with Crippen LogP contribution < -0.4 is 10.6 Å². The molecule has 2 N–H and O–H groups in total. The molecule has 0 saturated heterocycles. The van der Waals surface area contributed by atoms with Crippen LogP contribution in [0.1, 0.15) is 37.8 Å².